The lowest BCUT2D eigenvalue weighted by atomic mass is 10.1. The molecule has 33 heavy (non-hydrogen) atoms. The van der Waals surface area contributed by atoms with Crippen molar-refractivity contribution in [1.29, 1.82) is 0 Å². The van der Waals surface area contributed by atoms with Crippen LogP contribution in [0.5, 0.6) is 0 Å². The van der Waals surface area contributed by atoms with Crippen LogP contribution in [0.3, 0.4) is 0 Å². The number of hydrogen-bond acceptors (Lipinski definition) is 6. The number of anilines is 1. The SMILES string of the molecule is O=C(CCCN1C(=O)c2ccccc2C1=O)Nc1ccccc1-n1ncc2c(=O)[nH]cnc21. The molecule has 1 aliphatic heterocycles. The van der Waals surface area contributed by atoms with Crippen LogP contribution in [0.2, 0.25) is 0 Å². The molecule has 0 spiro atoms. The first kappa shape index (κ1) is 20.3. The predicted octanol–water partition coefficient (Wildman–Crippen LogP) is 2.12. The fraction of sp³-hybridized carbons (Fsp3) is 0.130. The number of amides is 3. The van der Waals surface area contributed by atoms with Gasteiger partial charge in [-0.2, -0.15) is 5.10 Å². The normalized spacial score (nSPS) is 12.9. The van der Waals surface area contributed by atoms with Gasteiger partial charge in [-0.3, -0.25) is 24.1 Å². The van der Waals surface area contributed by atoms with Gasteiger partial charge in [0.25, 0.3) is 17.4 Å². The van der Waals surface area contributed by atoms with Gasteiger partial charge in [-0.1, -0.05) is 24.3 Å². The molecular weight excluding hydrogens is 424 g/mol. The Hall–Kier alpha value is -4.60. The highest BCUT2D eigenvalue weighted by molar-refractivity contribution is 6.21. The molecule has 10 nitrogen and oxygen atoms in total. The van der Waals surface area contributed by atoms with Gasteiger partial charge in [0.2, 0.25) is 5.91 Å². The quantitative estimate of drug-likeness (QED) is 0.440. The van der Waals surface area contributed by atoms with Gasteiger partial charge in [0, 0.05) is 13.0 Å². The standard InChI is InChI=1S/C23H18N6O4/c30-19(10-5-11-28-22(32)14-6-1-2-7-15(14)23(28)33)27-17-8-3-4-9-18(17)29-20-16(12-26-29)21(31)25-13-24-20/h1-4,6-9,12-13H,5,10-11H2,(H,27,30)(H,24,25,31). The predicted molar refractivity (Wildman–Crippen MR) is 119 cm³/mol. The lowest BCUT2D eigenvalue weighted by Gasteiger charge is -2.14. The van der Waals surface area contributed by atoms with Crippen molar-refractivity contribution in [2.45, 2.75) is 12.8 Å². The molecule has 4 aromatic rings. The summed E-state index contributed by atoms with van der Waals surface area (Å²) in [6.45, 7) is 0.151. The monoisotopic (exact) mass is 442 g/mol. The van der Waals surface area contributed by atoms with Crippen molar-refractivity contribution in [2.24, 2.45) is 0 Å². The van der Waals surface area contributed by atoms with Gasteiger partial charge in [-0.15, -0.1) is 0 Å². The molecule has 5 rings (SSSR count). The van der Waals surface area contributed by atoms with Crippen molar-refractivity contribution in [2.75, 3.05) is 11.9 Å². The third-order valence-corrected chi connectivity index (χ3v) is 5.44. The Morgan fingerprint density at radius 2 is 1.67 bits per heavy atom. The van der Waals surface area contributed by atoms with Crippen molar-refractivity contribution in [1.82, 2.24) is 24.6 Å². The number of carbonyl (C=O) groups is 3. The van der Waals surface area contributed by atoms with Crippen LogP contribution in [0.1, 0.15) is 33.6 Å². The highest BCUT2D eigenvalue weighted by Gasteiger charge is 2.34. The fourth-order valence-electron chi connectivity index (χ4n) is 3.85. The fourth-order valence-corrected chi connectivity index (χ4v) is 3.85. The number of H-pyrrole nitrogens is 1. The first-order valence-electron chi connectivity index (χ1n) is 10.3. The molecule has 0 saturated heterocycles. The number of fused-ring (bicyclic) bond motifs is 2. The maximum atomic E-state index is 12.6. The van der Waals surface area contributed by atoms with Crippen LogP contribution in [0.15, 0.2) is 65.8 Å². The molecule has 0 radical (unpaired) electrons. The zero-order valence-corrected chi connectivity index (χ0v) is 17.3. The first-order valence-corrected chi connectivity index (χ1v) is 10.3. The average Bonchev–Trinajstić information content (AvgIpc) is 3.36. The summed E-state index contributed by atoms with van der Waals surface area (Å²) in [4.78, 5) is 57.3. The zero-order valence-electron chi connectivity index (χ0n) is 17.3. The summed E-state index contributed by atoms with van der Waals surface area (Å²) in [5.41, 5.74) is 1.89. The summed E-state index contributed by atoms with van der Waals surface area (Å²) in [5, 5.41) is 7.42. The van der Waals surface area contributed by atoms with Crippen LogP contribution in [0, 0.1) is 0 Å². The molecule has 164 valence electrons. The molecule has 3 amide bonds. The van der Waals surface area contributed by atoms with E-state index in [9.17, 15) is 19.2 Å². The Morgan fingerprint density at radius 1 is 0.970 bits per heavy atom. The second kappa shape index (κ2) is 8.15. The highest BCUT2D eigenvalue weighted by atomic mass is 16.2. The Balaban J connectivity index is 1.27. The largest absolute Gasteiger partial charge is 0.324 e. The van der Waals surface area contributed by atoms with Gasteiger partial charge in [-0.25, -0.2) is 9.67 Å². The van der Waals surface area contributed by atoms with E-state index in [1.165, 1.54) is 22.1 Å². The molecule has 0 unspecified atom stereocenters. The van der Waals surface area contributed by atoms with Gasteiger partial charge in [-0.05, 0) is 30.7 Å². The van der Waals surface area contributed by atoms with Gasteiger partial charge < -0.3 is 10.3 Å². The average molecular weight is 442 g/mol. The number of aromatic amines is 1. The lowest BCUT2D eigenvalue weighted by Crippen LogP contribution is -2.31. The minimum atomic E-state index is -0.339. The Labute approximate surface area is 186 Å². The number of imide groups is 1. The van der Waals surface area contributed by atoms with E-state index in [1.54, 1.807) is 48.5 Å². The Morgan fingerprint density at radius 3 is 2.42 bits per heavy atom. The van der Waals surface area contributed by atoms with Gasteiger partial charge in [0.05, 0.1) is 35.0 Å². The van der Waals surface area contributed by atoms with E-state index >= 15 is 0 Å². The molecule has 0 aliphatic carbocycles. The molecule has 2 N–H and O–H groups in total. The van der Waals surface area contributed by atoms with E-state index in [0.717, 1.165) is 0 Å². The lowest BCUT2D eigenvalue weighted by molar-refractivity contribution is -0.116. The molecule has 1 aliphatic rings. The summed E-state index contributed by atoms with van der Waals surface area (Å²) in [7, 11) is 0. The molecule has 3 heterocycles. The topological polar surface area (TPSA) is 130 Å². The molecule has 0 atom stereocenters. The summed E-state index contributed by atoms with van der Waals surface area (Å²) >= 11 is 0. The van der Waals surface area contributed by atoms with Crippen molar-refractivity contribution < 1.29 is 14.4 Å². The van der Waals surface area contributed by atoms with E-state index in [0.29, 0.717) is 40.0 Å². The first-order chi connectivity index (χ1) is 16.0. The van der Waals surface area contributed by atoms with E-state index in [-0.39, 0.29) is 36.2 Å². The smallest absolute Gasteiger partial charge is 0.261 e. The molecule has 2 aromatic heterocycles. The van der Waals surface area contributed by atoms with Gasteiger partial charge >= 0.3 is 0 Å². The summed E-state index contributed by atoms with van der Waals surface area (Å²) in [6, 6.07) is 13.7. The molecule has 0 saturated carbocycles. The molecule has 0 fully saturated rings. The second-order valence-corrected chi connectivity index (χ2v) is 7.50. The third kappa shape index (κ3) is 3.57. The molecule has 0 bridgehead atoms. The molecule has 2 aromatic carbocycles. The van der Waals surface area contributed by atoms with Crippen LogP contribution in [0.25, 0.3) is 16.7 Å². The Kier molecular flexibility index (Phi) is 5.02. The maximum Gasteiger partial charge on any atom is 0.261 e. The number of nitrogens with zero attached hydrogens (tertiary/aromatic N) is 4. The van der Waals surface area contributed by atoms with Crippen molar-refractivity contribution in [3.8, 4) is 5.69 Å². The van der Waals surface area contributed by atoms with Gasteiger partial charge in [0.15, 0.2) is 5.65 Å². The number of benzene rings is 2. The maximum absolute atomic E-state index is 12.6. The van der Waals surface area contributed by atoms with E-state index in [4.69, 9.17) is 0 Å². The van der Waals surface area contributed by atoms with Crippen LogP contribution in [-0.4, -0.2) is 48.9 Å². The minimum absolute atomic E-state index is 0.111. The van der Waals surface area contributed by atoms with Gasteiger partial charge in [0.1, 0.15) is 5.39 Å². The number of rotatable bonds is 6. The summed E-state index contributed by atoms with van der Waals surface area (Å²) < 4.78 is 1.49. The minimum Gasteiger partial charge on any atom is -0.324 e. The number of para-hydroxylation sites is 2. The zero-order chi connectivity index (χ0) is 22.9. The highest BCUT2D eigenvalue weighted by Crippen LogP contribution is 2.24. The Bertz CT molecular complexity index is 1440. The summed E-state index contributed by atoms with van der Waals surface area (Å²) in [5.74, 6) is -0.954. The van der Waals surface area contributed by atoms with E-state index < -0.39 is 0 Å². The van der Waals surface area contributed by atoms with E-state index in [2.05, 4.69) is 20.4 Å². The van der Waals surface area contributed by atoms with Crippen LogP contribution in [0.4, 0.5) is 5.69 Å². The van der Waals surface area contributed by atoms with Crippen LogP contribution < -0.4 is 10.9 Å². The summed E-state index contributed by atoms with van der Waals surface area (Å²) in [6.07, 6.45) is 3.14. The number of carbonyl (C=O) groups excluding carboxylic acids is 3. The molecule has 10 heteroatoms. The number of nitrogens with one attached hydrogen (secondary N) is 2. The third-order valence-electron chi connectivity index (χ3n) is 5.44. The number of aromatic nitrogens is 4. The van der Waals surface area contributed by atoms with E-state index in [1.807, 2.05) is 0 Å². The van der Waals surface area contributed by atoms with Crippen LogP contribution >= 0.6 is 0 Å². The van der Waals surface area contributed by atoms with Crippen LogP contribution in [-0.2, 0) is 4.79 Å². The van der Waals surface area contributed by atoms with Crippen molar-refractivity contribution in [3.05, 3.63) is 82.5 Å². The van der Waals surface area contributed by atoms with Crippen molar-refractivity contribution in [3.63, 3.8) is 0 Å². The second-order valence-electron chi connectivity index (χ2n) is 7.50. The molecular formula is C23H18N6O4. The number of hydrogen-bond donors (Lipinski definition) is 2. The van der Waals surface area contributed by atoms with Crippen molar-refractivity contribution >= 4 is 34.4 Å².